The summed E-state index contributed by atoms with van der Waals surface area (Å²) in [5.74, 6) is -0.194. The number of anilines is 2. The molecule has 1 heterocycles. The third-order valence-corrected chi connectivity index (χ3v) is 3.82. The average Bonchev–Trinajstić information content (AvgIpc) is 2.47. The molecule has 6 heteroatoms. The summed E-state index contributed by atoms with van der Waals surface area (Å²) in [6, 6.07) is 3.84. The quantitative estimate of drug-likeness (QED) is 0.849. The number of nitrogens with zero attached hydrogens (tertiary/aromatic N) is 2. The second kappa shape index (κ2) is 5.30. The Hall–Kier alpha value is -1.40. The normalized spacial score (nSPS) is 15.3. The Morgan fingerprint density at radius 1 is 1.47 bits per heavy atom. The predicted molar refractivity (Wildman–Crippen MR) is 78.3 cm³/mol. The van der Waals surface area contributed by atoms with Gasteiger partial charge in [0.05, 0.1) is 17.9 Å². The first-order valence-corrected chi connectivity index (χ1v) is 6.82. The van der Waals surface area contributed by atoms with Gasteiger partial charge in [-0.1, -0.05) is 0 Å². The lowest BCUT2D eigenvalue weighted by molar-refractivity contribution is -0.118. The summed E-state index contributed by atoms with van der Waals surface area (Å²) in [6.07, 6.45) is 0.294. The number of benzene rings is 1. The maximum absolute atomic E-state index is 12.0. The molecule has 1 aromatic rings. The van der Waals surface area contributed by atoms with Gasteiger partial charge in [-0.25, -0.2) is 0 Å². The Morgan fingerprint density at radius 3 is 2.79 bits per heavy atom. The Balaban J connectivity index is 2.64. The second-order valence-electron chi connectivity index (χ2n) is 4.57. The Bertz CT molecular complexity index is 545. The van der Waals surface area contributed by atoms with E-state index < -0.39 is 0 Å². The molecule has 0 radical (unpaired) electrons. The first-order valence-electron chi connectivity index (χ1n) is 6.03. The molecule has 102 valence electrons. The number of carbonyl (C=O) groups is 2. The standard InChI is InChI=1S/C13H16BrN3O2/c1-8-5-9(14)13-10(6-8)17(12(19)7-15)4-3-11(18)16(13)2/h5-6H,3-4,7,15H2,1-2H3. The number of rotatable bonds is 1. The number of halogens is 1. The highest BCUT2D eigenvalue weighted by Crippen LogP contribution is 2.39. The zero-order chi connectivity index (χ0) is 14.2. The molecule has 2 rings (SSSR count). The fourth-order valence-corrected chi connectivity index (χ4v) is 3.07. The number of nitrogens with two attached hydrogens (primary N) is 1. The lowest BCUT2D eigenvalue weighted by Gasteiger charge is -2.25. The summed E-state index contributed by atoms with van der Waals surface area (Å²) >= 11 is 3.47. The molecule has 1 aliphatic rings. The van der Waals surface area contributed by atoms with Gasteiger partial charge in [-0.2, -0.15) is 0 Å². The highest BCUT2D eigenvalue weighted by Gasteiger charge is 2.28. The topological polar surface area (TPSA) is 66.6 Å². The van der Waals surface area contributed by atoms with Crippen LogP contribution in [0.5, 0.6) is 0 Å². The molecule has 0 saturated heterocycles. The van der Waals surface area contributed by atoms with E-state index in [4.69, 9.17) is 5.73 Å². The SMILES string of the molecule is Cc1cc(Br)c2c(c1)N(C(=O)CN)CCC(=O)N2C. The van der Waals surface area contributed by atoms with Crippen molar-refractivity contribution in [3.05, 3.63) is 22.2 Å². The zero-order valence-electron chi connectivity index (χ0n) is 10.9. The van der Waals surface area contributed by atoms with Gasteiger partial charge >= 0.3 is 0 Å². The molecule has 1 aromatic carbocycles. The summed E-state index contributed by atoms with van der Waals surface area (Å²) in [6.45, 7) is 2.24. The molecule has 0 spiro atoms. The number of amides is 2. The van der Waals surface area contributed by atoms with Crippen molar-refractivity contribution in [1.29, 1.82) is 0 Å². The fraction of sp³-hybridized carbons (Fsp3) is 0.385. The highest BCUT2D eigenvalue weighted by molar-refractivity contribution is 9.10. The molecule has 0 atom stereocenters. The van der Waals surface area contributed by atoms with Crippen LogP contribution in [0.3, 0.4) is 0 Å². The van der Waals surface area contributed by atoms with E-state index in [-0.39, 0.29) is 18.4 Å². The van der Waals surface area contributed by atoms with E-state index >= 15 is 0 Å². The smallest absolute Gasteiger partial charge is 0.240 e. The van der Waals surface area contributed by atoms with Crippen molar-refractivity contribution in [1.82, 2.24) is 0 Å². The number of fused-ring (bicyclic) bond motifs is 1. The van der Waals surface area contributed by atoms with Crippen molar-refractivity contribution in [3.63, 3.8) is 0 Å². The van der Waals surface area contributed by atoms with Gasteiger partial charge in [0.25, 0.3) is 0 Å². The van der Waals surface area contributed by atoms with Crippen LogP contribution in [0, 0.1) is 6.92 Å². The van der Waals surface area contributed by atoms with Gasteiger partial charge < -0.3 is 15.5 Å². The van der Waals surface area contributed by atoms with Crippen LogP contribution in [-0.4, -0.2) is 32.0 Å². The molecular weight excluding hydrogens is 310 g/mol. The van der Waals surface area contributed by atoms with Crippen LogP contribution in [-0.2, 0) is 9.59 Å². The first kappa shape index (κ1) is 14.0. The van der Waals surface area contributed by atoms with Gasteiger partial charge in [-0.3, -0.25) is 9.59 Å². The molecule has 0 aliphatic carbocycles. The lowest BCUT2D eigenvalue weighted by atomic mass is 10.1. The second-order valence-corrected chi connectivity index (χ2v) is 5.42. The molecule has 1 aliphatic heterocycles. The molecule has 0 saturated carbocycles. The Morgan fingerprint density at radius 2 is 2.16 bits per heavy atom. The molecule has 19 heavy (non-hydrogen) atoms. The van der Waals surface area contributed by atoms with Crippen LogP contribution in [0.4, 0.5) is 11.4 Å². The minimum atomic E-state index is -0.179. The van der Waals surface area contributed by atoms with E-state index in [0.717, 1.165) is 21.4 Å². The van der Waals surface area contributed by atoms with Crippen LogP contribution in [0.1, 0.15) is 12.0 Å². The van der Waals surface area contributed by atoms with Crippen molar-refractivity contribution in [2.24, 2.45) is 5.73 Å². The van der Waals surface area contributed by atoms with E-state index in [2.05, 4.69) is 15.9 Å². The Labute approximate surface area is 120 Å². The van der Waals surface area contributed by atoms with E-state index in [1.807, 2.05) is 19.1 Å². The van der Waals surface area contributed by atoms with Gasteiger partial charge in [-0.05, 0) is 40.5 Å². The molecule has 0 fully saturated rings. The van der Waals surface area contributed by atoms with Crippen molar-refractivity contribution < 1.29 is 9.59 Å². The van der Waals surface area contributed by atoms with E-state index in [1.54, 1.807) is 16.8 Å². The first-order chi connectivity index (χ1) is 8.95. The molecule has 5 nitrogen and oxygen atoms in total. The zero-order valence-corrected chi connectivity index (χ0v) is 12.5. The minimum Gasteiger partial charge on any atom is -0.322 e. The van der Waals surface area contributed by atoms with Gasteiger partial charge in [0.1, 0.15) is 0 Å². The van der Waals surface area contributed by atoms with Gasteiger partial charge in [0, 0.05) is 24.5 Å². The van der Waals surface area contributed by atoms with Gasteiger partial charge in [-0.15, -0.1) is 0 Å². The van der Waals surface area contributed by atoms with Crippen molar-refractivity contribution in [3.8, 4) is 0 Å². The number of aryl methyl sites for hydroxylation is 1. The average molecular weight is 326 g/mol. The summed E-state index contributed by atoms with van der Waals surface area (Å²) in [5.41, 5.74) is 7.92. The molecule has 0 aromatic heterocycles. The van der Waals surface area contributed by atoms with E-state index in [9.17, 15) is 9.59 Å². The molecule has 0 bridgehead atoms. The highest BCUT2D eigenvalue weighted by atomic mass is 79.9. The molecule has 2 N–H and O–H groups in total. The summed E-state index contributed by atoms with van der Waals surface area (Å²) in [4.78, 5) is 27.2. The number of hydrogen-bond donors (Lipinski definition) is 1. The van der Waals surface area contributed by atoms with Crippen LogP contribution in [0.15, 0.2) is 16.6 Å². The largest absolute Gasteiger partial charge is 0.322 e. The third kappa shape index (κ3) is 2.50. The molecule has 2 amide bonds. The maximum Gasteiger partial charge on any atom is 0.240 e. The number of hydrogen-bond acceptors (Lipinski definition) is 3. The van der Waals surface area contributed by atoms with E-state index in [0.29, 0.717) is 13.0 Å². The monoisotopic (exact) mass is 325 g/mol. The van der Waals surface area contributed by atoms with Crippen LogP contribution < -0.4 is 15.5 Å². The molecule has 0 unspecified atom stereocenters. The van der Waals surface area contributed by atoms with Crippen molar-refractivity contribution in [2.75, 3.05) is 29.9 Å². The summed E-state index contributed by atoms with van der Waals surface area (Å²) < 4.78 is 0.801. The van der Waals surface area contributed by atoms with Crippen LogP contribution >= 0.6 is 15.9 Å². The third-order valence-electron chi connectivity index (χ3n) is 3.21. The fourth-order valence-electron chi connectivity index (χ4n) is 2.24. The van der Waals surface area contributed by atoms with Crippen molar-refractivity contribution in [2.45, 2.75) is 13.3 Å². The van der Waals surface area contributed by atoms with E-state index in [1.165, 1.54) is 0 Å². The summed E-state index contributed by atoms with van der Waals surface area (Å²) in [5, 5.41) is 0. The van der Waals surface area contributed by atoms with Crippen molar-refractivity contribution >= 4 is 39.1 Å². The predicted octanol–water partition coefficient (Wildman–Crippen LogP) is 1.42. The van der Waals surface area contributed by atoms with Gasteiger partial charge in [0.2, 0.25) is 11.8 Å². The minimum absolute atomic E-state index is 0.0156. The maximum atomic E-state index is 12.0. The summed E-state index contributed by atoms with van der Waals surface area (Å²) in [7, 11) is 1.72. The van der Waals surface area contributed by atoms with Crippen LogP contribution in [0.25, 0.3) is 0 Å². The lowest BCUT2D eigenvalue weighted by Crippen LogP contribution is -2.36. The van der Waals surface area contributed by atoms with Crippen LogP contribution in [0.2, 0.25) is 0 Å². The molecular formula is C13H16BrN3O2. The Kier molecular flexibility index (Phi) is 3.91. The number of carbonyl (C=O) groups excluding carboxylic acids is 2. The van der Waals surface area contributed by atoms with Gasteiger partial charge in [0.15, 0.2) is 0 Å².